The van der Waals surface area contributed by atoms with Crippen molar-refractivity contribution in [3.05, 3.63) is 83.9 Å². The predicted octanol–water partition coefficient (Wildman–Crippen LogP) is 5.39. The van der Waals surface area contributed by atoms with Crippen LogP contribution < -0.4 is 20.7 Å². The average Bonchev–Trinajstić information content (AvgIpc) is 2.72. The van der Waals surface area contributed by atoms with E-state index in [1.165, 1.54) is 0 Å². The minimum Gasteiger partial charge on any atom is -0.479 e. The van der Waals surface area contributed by atoms with Crippen molar-refractivity contribution < 1.29 is 14.3 Å². The molecule has 0 saturated heterocycles. The van der Waals surface area contributed by atoms with Crippen LogP contribution in [0.5, 0.6) is 5.75 Å². The Morgan fingerprint density at radius 3 is 1.90 bits per heavy atom. The summed E-state index contributed by atoms with van der Waals surface area (Å²) in [7, 11) is 0. The van der Waals surface area contributed by atoms with Gasteiger partial charge < -0.3 is 20.7 Å². The van der Waals surface area contributed by atoms with Crippen molar-refractivity contribution >= 4 is 40.6 Å². The molecular formula is C22H20ClN3O3. The van der Waals surface area contributed by atoms with Crippen LogP contribution in [-0.2, 0) is 4.79 Å². The lowest BCUT2D eigenvalue weighted by molar-refractivity contribution is -0.122. The molecule has 0 bridgehead atoms. The van der Waals surface area contributed by atoms with Gasteiger partial charge in [0.15, 0.2) is 6.10 Å². The molecule has 0 spiro atoms. The number of benzene rings is 3. The number of ether oxygens (including phenoxy) is 1. The summed E-state index contributed by atoms with van der Waals surface area (Å²) >= 11 is 6.05. The quantitative estimate of drug-likeness (QED) is 0.510. The molecule has 1 unspecified atom stereocenters. The van der Waals surface area contributed by atoms with Crippen LogP contribution in [0.4, 0.5) is 21.9 Å². The zero-order chi connectivity index (χ0) is 20.6. The van der Waals surface area contributed by atoms with Gasteiger partial charge in [-0.25, -0.2) is 4.79 Å². The predicted molar refractivity (Wildman–Crippen MR) is 116 cm³/mol. The summed E-state index contributed by atoms with van der Waals surface area (Å²) in [6.45, 7) is 1.64. The van der Waals surface area contributed by atoms with Crippen molar-refractivity contribution in [2.45, 2.75) is 13.0 Å². The highest BCUT2D eigenvalue weighted by molar-refractivity contribution is 6.32. The van der Waals surface area contributed by atoms with E-state index < -0.39 is 6.10 Å². The number of nitrogens with one attached hydrogen (secondary N) is 3. The minimum absolute atomic E-state index is 0.313. The lowest BCUT2D eigenvalue weighted by Crippen LogP contribution is -2.30. The second kappa shape index (κ2) is 9.61. The summed E-state index contributed by atoms with van der Waals surface area (Å²) in [5, 5.41) is 8.67. The van der Waals surface area contributed by atoms with Gasteiger partial charge in [-0.3, -0.25) is 4.79 Å². The number of hydrogen-bond donors (Lipinski definition) is 3. The number of amides is 3. The van der Waals surface area contributed by atoms with Crippen LogP contribution in [0.3, 0.4) is 0 Å². The van der Waals surface area contributed by atoms with Crippen LogP contribution in [0, 0.1) is 0 Å². The number of carbonyl (C=O) groups excluding carboxylic acids is 2. The molecule has 0 saturated carbocycles. The first-order chi connectivity index (χ1) is 14.0. The largest absolute Gasteiger partial charge is 0.479 e. The molecule has 0 aromatic heterocycles. The van der Waals surface area contributed by atoms with E-state index in [-0.39, 0.29) is 11.9 Å². The van der Waals surface area contributed by atoms with Crippen LogP contribution >= 0.6 is 11.6 Å². The molecule has 29 heavy (non-hydrogen) atoms. The lowest BCUT2D eigenvalue weighted by Gasteiger charge is -2.16. The highest BCUT2D eigenvalue weighted by Gasteiger charge is 2.16. The van der Waals surface area contributed by atoms with Gasteiger partial charge in [-0.05, 0) is 55.5 Å². The van der Waals surface area contributed by atoms with E-state index in [0.717, 1.165) is 0 Å². The third-order valence-electron chi connectivity index (χ3n) is 3.95. The molecule has 6 nitrogen and oxygen atoms in total. The second-order valence-corrected chi connectivity index (χ2v) is 6.61. The van der Waals surface area contributed by atoms with Crippen LogP contribution in [0.1, 0.15) is 6.92 Å². The maximum atomic E-state index is 12.3. The topological polar surface area (TPSA) is 79.5 Å². The van der Waals surface area contributed by atoms with E-state index >= 15 is 0 Å². The first-order valence-corrected chi connectivity index (χ1v) is 9.34. The fraction of sp³-hybridized carbons (Fsp3) is 0.0909. The summed E-state index contributed by atoms with van der Waals surface area (Å²) in [4.78, 5) is 24.4. The first-order valence-electron chi connectivity index (χ1n) is 8.96. The lowest BCUT2D eigenvalue weighted by atomic mass is 10.2. The molecule has 3 aromatic carbocycles. The maximum Gasteiger partial charge on any atom is 0.323 e. The normalized spacial score (nSPS) is 11.2. The number of urea groups is 1. The molecule has 7 heteroatoms. The van der Waals surface area contributed by atoms with Crippen LogP contribution in [0.2, 0.25) is 5.02 Å². The van der Waals surface area contributed by atoms with E-state index in [1.807, 2.05) is 18.2 Å². The van der Waals surface area contributed by atoms with Gasteiger partial charge >= 0.3 is 6.03 Å². The number of hydrogen-bond acceptors (Lipinski definition) is 3. The van der Waals surface area contributed by atoms with Crippen molar-refractivity contribution in [2.75, 3.05) is 16.0 Å². The smallest absolute Gasteiger partial charge is 0.323 e. The van der Waals surface area contributed by atoms with Gasteiger partial charge in [-0.1, -0.05) is 41.9 Å². The molecule has 3 N–H and O–H groups in total. The van der Waals surface area contributed by atoms with E-state index in [9.17, 15) is 9.59 Å². The molecule has 3 amide bonds. The Kier molecular flexibility index (Phi) is 6.71. The molecule has 3 aromatic rings. The van der Waals surface area contributed by atoms with E-state index in [2.05, 4.69) is 16.0 Å². The van der Waals surface area contributed by atoms with Gasteiger partial charge in [0.1, 0.15) is 5.75 Å². The Balaban J connectivity index is 1.52. The van der Waals surface area contributed by atoms with E-state index in [4.69, 9.17) is 16.3 Å². The minimum atomic E-state index is -0.732. The Morgan fingerprint density at radius 1 is 0.759 bits per heavy atom. The van der Waals surface area contributed by atoms with Crippen molar-refractivity contribution in [1.29, 1.82) is 0 Å². The third-order valence-corrected chi connectivity index (χ3v) is 4.26. The molecule has 0 fully saturated rings. The highest BCUT2D eigenvalue weighted by Crippen LogP contribution is 2.24. The molecule has 148 valence electrons. The van der Waals surface area contributed by atoms with Crippen molar-refractivity contribution in [3.8, 4) is 5.75 Å². The number of anilines is 3. The average molecular weight is 410 g/mol. The Labute approximate surface area is 173 Å². The zero-order valence-electron chi connectivity index (χ0n) is 15.7. The molecular weight excluding hydrogens is 390 g/mol. The summed E-state index contributed by atoms with van der Waals surface area (Å²) < 4.78 is 5.60. The van der Waals surface area contributed by atoms with Gasteiger partial charge in [0.05, 0.1) is 5.02 Å². The maximum absolute atomic E-state index is 12.3. The van der Waals surface area contributed by atoms with E-state index in [1.54, 1.807) is 67.6 Å². The Bertz CT molecular complexity index is 978. The molecule has 0 radical (unpaired) electrons. The fourth-order valence-electron chi connectivity index (χ4n) is 2.48. The van der Waals surface area contributed by atoms with Gasteiger partial charge in [-0.15, -0.1) is 0 Å². The summed E-state index contributed by atoms with van der Waals surface area (Å²) in [5.41, 5.74) is 1.87. The van der Waals surface area contributed by atoms with Gasteiger partial charge in [0.25, 0.3) is 5.91 Å². The third kappa shape index (κ3) is 5.99. The number of rotatable bonds is 6. The molecule has 0 heterocycles. The number of carbonyl (C=O) groups is 2. The van der Waals surface area contributed by atoms with Crippen LogP contribution in [0.15, 0.2) is 78.9 Å². The molecule has 0 aliphatic carbocycles. The number of halogens is 1. The number of para-hydroxylation sites is 2. The molecule has 3 rings (SSSR count). The first kappa shape index (κ1) is 20.2. The van der Waals surface area contributed by atoms with Crippen LogP contribution in [-0.4, -0.2) is 18.0 Å². The summed E-state index contributed by atoms with van der Waals surface area (Å²) in [5.74, 6) is 0.133. The van der Waals surface area contributed by atoms with Crippen LogP contribution in [0.25, 0.3) is 0 Å². The fourth-order valence-corrected chi connectivity index (χ4v) is 2.66. The van der Waals surface area contributed by atoms with Gasteiger partial charge in [0.2, 0.25) is 0 Å². The SMILES string of the molecule is CC(Oc1ccccc1Cl)C(=O)Nc1ccc(NC(=O)Nc2ccccc2)cc1. The Hall–Kier alpha value is -3.51. The molecule has 0 aliphatic rings. The molecule has 0 aliphatic heterocycles. The Morgan fingerprint density at radius 2 is 1.28 bits per heavy atom. The standard InChI is InChI=1S/C22H20ClN3O3/c1-15(29-20-10-6-5-9-19(20)23)21(27)24-17-11-13-18(14-12-17)26-22(28)25-16-7-3-2-4-8-16/h2-15H,1H3,(H,24,27)(H2,25,26,28). The van der Waals surface area contributed by atoms with E-state index in [0.29, 0.717) is 27.8 Å². The zero-order valence-corrected chi connectivity index (χ0v) is 16.4. The second-order valence-electron chi connectivity index (χ2n) is 6.20. The van der Waals surface area contributed by atoms with Crippen molar-refractivity contribution in [2.24, 2.45) is 0 Å². The molecule has 1 atom stereocenters. The summed E-state index contributed by atoms with van der Waals surface area (Å²) in [6, 6.07) is 22.5. The monoisotopic (exact) mass is 409 g/mol. The highest BCUT2D eigenvalue weighted by atomic mass is 35.5. The summed E-state index contributed by atoms with van der Waals surface area (Å²) in [6.07, 6.45) is -0.732. The van der Waals surface area contributed by atoms with Crippen molar-refractivity contribution in [3.63, 3.8) is 0 Å². The van der Waals surface area contributed by atoms with Gasteiger partial charge in [-0.2, -0.15) is 0 Å². The van der Waals surface area contributed by atoms with Crippen molar-refractivity contribution in [1.82, 2.24) is 0 Å². The van der Waals surface area contributed by atoms with Gasteiger partial charge in [0, 0.05) is 17.1 Å².